The predicted molar refractivity (Wildman–Crippen MR) is 91.7 cm³/mol. The fraction of sp³-hybridized carbons (Fsp3) is 0.176. The molecule has 0 heterocycles. The van der Waals surface area contributed by atoms with Crippen LogP contribution in [0.4, 0.5) is 0 Å². The highest BCUT2D eigenvalue weighted by Gasteiger charge is 2.32. The van der Waals surface area contributed by atoms with Crippen LogP contribution in [-0.4, -0.2) is 11.7 Å². The third kappa shape index (κ3) is 4.32. The summed E-state index contributed by atoms with van der Waals surface area (Å²) in [7, 11) is -3.53. The van der Waals surface area contributed by atoms with Crippen LogP contribution >= 0.6 is 23.3 Å². The van der Waals surface area contributed by atoms with Crippen molar-refractivity contribution >= 4 is 23.3 Å². The first-order valence-electron chi connectivity index (χ1n) is 6.81. The Morgan fingerprint density at radius 2 is 1.82 bits per heavy atom. The van der Waals surface area contributed by atoms with E-state index < -0.39 is 13.2 Å². The predicted octanol–water partition coefficient (Wildman–Crippen LogP) is 4.76. The molecule has 0 saturated carbocycles. The van der Waals surface area contributed by atoms with Gasteiger partial charge in [-0.05, 0) is 42.4 Å². The van der Waals surface area contributed by atoms with Gasteiger partial charge in [0.15, 0.2) is 5.85 Å². The summed E-state index contributed by atoms with van der Waals surface area (Å²) in [5.74, 6) is 1.56. The summed E-state index contributed by atoms with van der Waals surface area (Å²) in [5, 5.41) is 10.4. The van der Waals surface area contributed by atoms with E-state index in [1.807, 2.05) is 30.3 Å². The minimum Gasteiger partial charge on any atom is -0.377 e. The maximum atomic E-state index is 12.9. The van der Waals surface area contributed by atoms with Gasteiger partial charge < -0.3 is 9.63 Å². The Morgan fingerprint density at radius 3 is 2.41 bits per heavy atom. The van der Waals surface area contributed by atoms with Crippen molar-refractivity contribution in [2.24, 2.45) is 0 Å². The van der Waals surface area contributed by atoms with Crippen LogP contribution in [-0.2, 0) is 9.09 Å². The number of hydrogen-bond acceptors (Lipinski definition) is 3. The van der Waals surface area contributed by atoms with Crippen molar-refractivity contribution in [1.82, 2.24) is 0 Å². The number of hydrogen-bond donors (Lipinski definition) is 1. The molecule has 114 valence electrons. The highest BCUT2D eigenvalue weighted by Crippen LogP contribution is 2.57. The topological polar surface area (TPSA) is 46.5 Å². The van der Waals surface area contributed by atoms with Crippen molar-refractivity contribution in [3.05, 3.63) is 70.2 Å². The van der Waals surface area contributed by atoms with Crippen LogP contribution in [0.3, 0.4) is 0 Å². The van der Waals surface area contributed by atoms with E-state index in [-0.39, 0.29) is 6.61 Å². The summed E-state index contributed by atoms with van der Waals surface area (Å²) in [5.41, 5.74) is 3.89. The van der Waals surface area contributed by atoms with E-state index in [0.29, 0.717) is 5.56 Å². The van der Waals surface area contributed by atoms with Gasteiger partial charge in [0.2, 0.25) is 0 Å². The second-order valence-corrected chi connectivity index (χ2v) is 7.62. The van der Waals surface area contributed by atoms with Crippen molar-refractivity contribution < 1.29 is 14.2 Å². The van der Waals surface area contributed by atoms with Gasteiger partial charge in [0.05, 0.1) is 6.61 Å². The van der Waals surface area contributed by atoms with E-state index in [1.165, 1.54) is 0 Å². The number of aliphatic hydroxyl groups is 1. The molecule has 0 radical (unpaired) electrons. The van der Waals surface area contributed by atoms with Crippen LogP contribution in [0.25, 0.3) is 0 Å². The molecule has 0 spiro atoms. The van der Waals surface area contributed by atoms with Crippen molar-refractivity contribution in [1.29, 1.82) is 0 Å². The first kappa shape index (κ1) is 17.0. The van der Waals surface area contributed by atoms with Gasteiger partial charge in [0, 0.05) is 10.0 Å². The second-order valence-electron chi connectivity index (χ2n) is 4.54. The van der Waals surface area contributed by atoms with E-state index >= 15 is 0 Å². The molecule has 0 fully saturated rings. The molecule has 2 atom stereocenters. The van der Waals surface area contributed by atoms with Gasteiger partial charge in [-0.3, -0.25) is 4.57 Å². The van der Waals surface area contributed by atoms with Crippen LogP contribution in [0.2, 0.25) is 0 Å². The lowest BCUT2D eigenvalue weighted by Crippen LogP contribution is -2.01. The number of rotatable bonds is 4. The standard InChI is InChI=1S/C17H16BrO3P/c1-2-21-22(20,13-12-14-6-4-3-5-7-14)17(19)15-8-10-16(18)11-9-15/h3-11,17,19H,2H2,1H3/t17?,22-/m1/s1. The lowest BCUT2D eigenvalue weighted by atomic mass is 10.2. The van der Waals surface area contributed by atoms with Gasteiger partial charge in [0.1, 0.15) is 0 Å². The molecular weight excluding hydrogens is 363 g/mol. The van der Waals surface area contributed by atoms with Gasteiger partial charge >= 0.3 is 7.37 Å². The molecular formula is C17H16BrO3P. The molecule has 2 rings (SSSR count). The molecule has 0 aliphatic heterocycles. The van der Waals surface area contributed by atoms with Crippen molar-refractivity contribution in [2.45, 2.75) is 12.8 Å². The monoisotopic (exact) mass is 378 g/mol. The van der Waals surface area contributed by atoms with E-state index in [9.17, 15) is 9.67 Å². The molecule has 0 aliphatic carbocycles. The molecule has 1 N–H and O–H groups in total. The molecule has 22 heavy (non-hydrogen) atoms. The fourth-order valence-corrected chi connectivity index (χ4v) is 3.68. The van der Waals surface area contributed by atoms with Crippen LogP contribution in [0, 0.1) is 11.6 Å². The molecule has 2 aromatic rings. The molecule has 0 amide bonds. The smallest absolute Gasteiger partial charge is 0.306 e. The Balaban J connectivity index is 2.33. The van der Waals surface area contributed by atoms with E-state index in [2.05, 4.69) is 27.5 Å². The summed E-state index contributed by atoms with van der Waals surface area (Å²) in [6.07, 6.45) is 0. The molecule has 0 bridgehead atoms. The normalized spacial score (nSPS) is 14.5. The zero-order valence-electron chi connectivity index (χ0n) is 12.1. The summed E-state index contributed by atoms with van der Waals surface area (Å²) in [6, 6.07) is 16.2. The number of benzene rings is 2. The molecule has 0 aliphatic rings. The second kappa shape index (κ2) is 7.76. The first-order valence-corrected chi connectivity index (χ1v) is 9.30. The Hall–Kier alpha value is -1.37. The molecule has 0 saturated heterocycles. The van der Waals surface area contributed by atoms with Crippen LogP contribution in [0.1, 0.15) is 23.9 Å². The summed E-state index contributed by atoms with van der Waals surface area (Å²) in [4.78, 5) is 0. The molecule has 1 unspecified atom stereocenters. The zero-order chi connectivity index (χ0) is 16.0. The molecule has 2 aromatic carbocycles. The minimum atomic E-state index is -3.53. The Morgan fingerprint density at radius 1 is 1.18 bits per heavy atom. The Bertz CT molecular complexity index is 717. The molecule has 3 nitrogen and oxygen atoms in total. The van der Waals surface area contributed by atoms with Crippen molar-refractivity contribution in [3.8, 4) is 11.6 Å². The van der Waals surface area contributed by atoms with Gasteiger partial charge in [0.25, 0.3) is 0 Å². The lowest BCUT2D eigenvalue weighted by molar-refractivity contribution is 0.219. The number of halogens is 1. The molecule has 5 heteroatoms. The van der Waals surface area contributed by atoms with Crippen LogP contribution in [0.5, 0.6) is 0 Å². The third-order valence-corrected chi connectivity index (χ3v) is 5.48. The van der Waals surface area contributed by atoms with Gasteiger partial charge in [-0.15, -0.1) is 0 Å². The third-order valence-electron chi connectivity index (χ3n) is 2.94. The van der Waals surface area contributed by atoms with E-state index in [0.717, 1.165) is 10.0 Å². The summed E-state index contributed by atoms with van der Waals surface area (Å²) >= 11 is 3.33. The largest absolute Gasteiger partial charge is 0.377 e. The maximum absolute atomic E-state index is 12.9. The number of aliphatic hydroxyl groups excluding tert-OH is 1. The summed E-state index contributed by atoms with van der Waals surface area (Å²) < 4.78 is 19.1. The van der Waals surface area contributed by atoms with Gasteiger partial charge in [-0.1, -0.05) is 52.2 Å². The fourth-order valence-electron chi connectivity index (χ4n) is 1.85. The lowest BCUT2D eigenvalue weighted by Gasteiger charge is -2.18. The average molecular weight is 379 g/mol. The SMILES string of the molecule is CCO[P@](=O)(C#Cc1ccccc1)C(O)c1ccc(Br)cc1. The van der Waals surface area contributed by atoms with Crippen molar-refractivity contribution in [2.75, 3.05) is 6.61 Å². The first-order chi connectivity index (χ1) is 10.5. The van der Waals surface area contributed by atoms with Gasteiger partial charge in [-0.25, -0.2) is 0 Å². The quantitative estimate of drug-likeness (QED) is 0.615. The van der Waals surface area contributed by atoms with E-state index in [1.54, 1.807) is 31.2 Å². The highest BCUT2D eigenvalue weighted by atomic mass is 79.9. The summed E-state index contributed by atoms with van der Waals surface area (Å²) in [6.45, 7) is 1.94. The average Bonchev–Trinajstić information content (AvgIpc) is 2.54. The Kier molecular flexibility index (Phi) is 5.99. The molecule has 0 aromatic heterocycles. The van der Waals surface area contributed by atoms with Crippen LogP contribution in [0.15, 0.2) is 59.1 Å². The maximum Gasteiger partial charge on any atom is 0.306 e. The van der Waals surface area contributed by atoms with Gasteiger partial charge in [-0.2, -0.15) is 0 Å². The Labute approximate surface area is 138 Å². The minimum absolute atomic E-state index is 0.217. The van der Waals surface area contributed by atoms with Crippen molar-refractivity contribution in [3.63, 3.8) is 0 Å². The van der Waals surface area contributed by atoms with E-state index in [4.69, 9.17) is 4.52 Å². The highest BCUT2D eigenvalue weighted by molar-refractivity contribution is 9.10. The van der Waals surface area contributed by atoms with Crippen LogP contribution < -0.4 is 0 Å². The zero-order valence-corrected chi connectivity index (χ0v) is 14.5.